The molecular formula is C21H21N3O3. The first-order valence-corrected chi connectivity index (χ1v) is 8.71. The van der Waals surface area contributed by atoms with Gasteiger partial charge in [0.15, 0.2) is 0 Å². The van der Waals surface area contributed by atoms with E-state index in [0.29, 0.717) is 17.1 Å². The molecule has 3 aromatic rings. The van der Waals surface area contributed by atoms with Gasteiger partial charge in [-0.2, -0.15) is 5.10 Å². The minimum Gasteiger partial charge on any atom is -0.495 e. The van der Waals surface area contributed by atoms with Crippen LogP contribution in [-0.4, -0.2) is 22.8 Å². The predicted octanol–water partition coefficient (Wildman–Crippen LogP) is 3.12. The number of hydrogen-bond acceptors (Lipinski definition) is 4. The van der Waals surface area contributed by atoms with Gasteiger partial charge in [-0.25, -0.2) is 4.68 Å². The Morgan fingerprint density at radius 2 is 1.81 bits per heavy atom. The summed E-state index contributed by atoms with van der Waals surface area (Å²) in [5, 5.41) is 7.08. The van der Waals surface area contributed by atoms with Crippen LogP contribution in [0.1, 0.15) is 12.5 Å². The molecule has 0 saturated heterocycles. The quantitative estimate of drug-likeness (QED) is 0.730. The van der Waals surface area contributed by atoms with Crippen molar-refractivity contribution in [1.29, 1.82) is 0 Å². The van der Waals surface area contributed by atoms with Gasteiger partial charge in [0.1, 0.15) is 12.3 Å². The number of benzene rings is 2. The molecule has 0 spiro atoms. The van der Waals surface area contributed by atoms with Gasteiger partial charge in [0, 0.05) is 11.6 Å². The average Bonchev–Trinajstić information content (AvgIpc) is 2.70. The van der Waals surface area contributed by atoms with Crippen LogP contribution in [0.2, 0.25) is 0 Å². The summed E-state index contributed by atoms with van der Waals surface area (Å²) in [6, 6.07) is 18.2. The number of nitrogens with one attached hydrogen (secondary N) is 1. The number of para-hydroxylation sites is 2. The molecule has 2 aromatic carbocycles. The maximum absolute atomic E-state index is 12.4. The van der Waals surface area contributed by atoms with Crippen LogP contribution in [0.5, 0.6) is 5.75 Å². The fourth-order valence-corrected chi connectivity index (χ4v) is 2.70. The van der Waals surface area contributed by atoms with E-state index in [1.54, 1.807) is 24.3 Å². The molecule has 0 aliphatic heterocycles. The van der Waals surface area contributed by atoms with Gasteiger partial charge in [-0.1, -0.05) is 43.3 Å². The monoisotopic (exact) mass is 363 g/mol. The molecule has 27 heavy (non-hydrogen) atoms. The SMILES string of the molecule is CCc1ccc(-c2ccc(=O)n(CC(=O)Nc3ccccc3OC)n2)cc1. The van der Waals surface area contributed by atoms with Gasteiger partial charge in [0.25, 0.3) is 5.56 Å². The van der Waals surface area contributed by atoms with Gasteiger partial charge in [-0.3, -0.25) is 9.59 Å². The lowest BCUT2D eigenvalue weighted by molar-refractivity contribution is -0.117. The summed E-state index contributed by atoms with van der Waals surface area (Å²) < 4.78 is 6.38. The Kier molecular flexibility index (Phi) is 5.66. The summed E-state index contributed by atoms with van der Waals surface area (Å²) in [7, 11) is 1.53. The second kappa shape index (κ2) is 8.31. The molecular weight excluding hydrogens is 342 g/mol. The van der Waals surface area contributed by atoms with Crippen LogP contribution >= 0.6 is 0 Å². The first-order chi connectivity index (χ1) is 13.1. The Morgan fingerprint density at radius 1 is 1.07 bits per heavy atom. The van der Waals surface area contributed by atoms with Gasteiger partial charge < -0.3 is 10.1 Å². The number of amides is 1. The molecule has 0 radical (unpaired) electrons. The van der Waals surface area contributed by atoms with E-state index < -0.39 is 0 Å². The lowest BCUT2D eigenvalue weighted by atomic mass is 10.1. The third-order valence-corrected chi connectivity index (χ3v) is 4.20. The van der Waals surface area contributed by atoms with E-state index in [9.17, 15) is 9.59 Å². The third kappa shape index (κ3) is 4.41. The van der Waals surface area contributed by atoms with Crippen molar-refractivity contribution in [2.45, 2.75) is 19.9 Å². The van der Waals surface area contributed by atoms with Gasteiger partial charge in [-0.15, -0.1) is 0 Å². The molecule has 1 amide bonds. The lowest BCUT2D eigenvalue weighted by Gasteiger charge is -2.11. The third-order valence-electron chi connectivity index (χ3n) is 4.20. The molecule has 3 rings (SSSR count). The van der Waals surface area contributed by atoms with Gasteiger partial charge in [0.2, 0.25) is 5.91 Å². The van der Waals surface area contributed by atoms with Crippen LogP contribution in [0.25, 0.3) is 11.3 Å². The smallest absolute Gasteiger partial charge is 0.267 e. The maximum atomic E-state index is 12.4. The highest BCUT2D eigenvalue weighted by atomic mass is 16.5. The fraction of sp³-hybridized carbons (Fsp3) is 0.190. The number of aromatic nitrogens is 2. The fourth-order valence-electron chi connectivity index (χ4n) is 2.70. The number of methoxy groups -OCH3 is 1. The molecule has 138 valence electrons. The van der Waals surface area contributed by atoms with Gasteiger partial charge in [0.05, 0.1) is 18.5 Å². The molecule has 0 unspecified atom stereocenters. The number of nitrogens with zero attached hydrogens (tertiary/aromatic N) is 2. The first kappa shape index (κ1) is 18.4. The van der Waals surface area contributed by atoms with Crippen LogP contribution in [-0.2, 0) is 17.8 Å². The molecule has 1 heterocycles. The summed E-state index contributed by atoms with van der Waals surface area (Å²) in [6.07, 6.45) is 0.955. The van der Waals surface area contributed by atoms with E-state index in [1.165, 1.54) is 18.7 Å². The molecule has 1 aromatic heterocycles. The van der Waals surface area contributed by atoms with E-state index in [0.717, 1.165) is 16.7 Å². The zero-order valence-electron chi connectivity index (χ0n) is 15.3. The van der Waals surface area contributed by atoms with Crippen molar-refractivity contribution in [3.63, 3.8) is 0 Å². The summed E-state index contributed by atoms with van der Waals surface area (Å²) in [6.45, 7) is 1.91. The topological polar surface area (TPSA) is 73.2 Å². The van der Waals surface area contributed by atoms with Gasteiger partial charge >= 0.3 is 0 Å². The van der Waals surface area contributed by atoms with Crippen LogP contribution in [0.15, 0.2) is 65.5 Å². The van der Waals surface area contributed by atoms with Crippen LogP contribution in [0, 0.1) is 0 Å². The van der Waals surface area contributed by atoms with Gasteiger partial charge in [-0.05, 0) is 30.2 Å². The Bertz CT molecular complexity index is 994. The molecule has 0 fully saturated rings. The second-order valence-corrected chi connectivity index (χ2v) is 6.01. The molecule has 6 heteroatoms. The molecule has 0 saturated carbocycles. The predicted molar refractivity (Wildman–Crippen MR) is 105 cm³/mol. The summed E-state index contributed by atoms with van der Waals surface area (Å²) >= 11 is 0. The van der Waals surface area contributed by atoms with Crippen molar-refractivity contribution < 1.29 is 9.53 Å². The normalized spacial score (nSPS) is 10.4. The summed E-state index contributed by atoms with van der Waals surface area (Å²) in [5.41, 5.74) is 2.97. The number of carbonyl (C=O) groups excluding carboxylic acids is 1. The van der Waals surface area contributed by atoms with Crippen molar-refractivity contribution >= 4 is 11.6 Å². The number of ether oxygens (including phenoxy) is 1. The van der Waals surface area contributed by atoms with Crippen molar-refractivity contribution in [2.24, 2.45) is 0 Å². The van der Waals surface area contributed by atoms with E-state index in [-0.39, 0.29) is 18.0 Å². The number of anilines is 1. The Hall–Kier alpha value is -3.41. The van der Waals surface area contributed by atoms with E-state index >= 15 is 0 Å². The minimum atomic E-state index is -0.354. The number of hydrogen-bond donors (Lipinski definition) is 1. The van der Waals surface area contributed by atoms with E-state index in [1.807, 2.05) is 30.3 Å². The average molecular weight is 363 g/mol. The van der Waals surface area contributed by atoms with Crippen LogP contribution < -0.4 is 15.6 Å². The Labute approximate surface area is 157 Å². The molecule has 0 aliphatic rings. The van der Waals surface area contributed by atoms with Crippen molar-refractivity contribution in [3.05, 3.63) is 76.6 Å². The Morgan fingerprint density at radius 3 is 2.52 bits per heavy atom. The highest BCUT2D eigenvalue weighted by molar-refractivity contribution is 5.92. The van der Waals surface area contributed by atoms with E-state index in [4.69, 9.17) is 4.74 Å². The van der Waals surface area contributed by atoms with Crippen molar-refractivity contribution in [3.8, 4) is 17.0 Å². The number of carbonyl (C=O) groups is 1. The minimum absolute atomic E-state index is 0.183. The van der Waals surface area contributed by atoms with Crippen molar-refractivity contribution in [1.82, 2.24) is 9.78 Å². The Balaban J connectivity index is 1.80. The zero-order chi connectivity index (χ0) is 19.2. The summed E-state index contributed by atoms with van der Waals surface area (Å²) in [4.78, 5) is 24.5. The van der Waals surface area contributed by atoms with Crippen LogP contribution in [0.3, 0.4) is 0 Å². The molecule has 0 atom stereocenters. The molecule has 0 aliphatic carbocycles. The van der Waals surface area contributed by atoms with Crippen molar-refractivity contribution in [2.75, 3.05) is 12.4 Å². The standard InChI is InChI=1S/C21H21N3O3/c1-3-15-8-10-16(11-9-15)17-12-13-21(26)24(23-17)14-20(25)22-18-6-4-5-7-19(18)27-2/h4-13H,3,14H2,1-2H3,(H,22,25). The maximum Gasteiger partial charge on any atom is 0.267 e. The highest BCUT2D eigenvalue weighted by Gasteiger charge is 2.10. The van der Waals surface area contributed by atoms with E-state index in [2.05, 4.69) is 17.3 Å². The summed E-state index contributed by atoms with van der Waals surface area (Å²) in [5.74, 6) is 0.198. The zero-order valence-corrected chi connectivity index (χ0v) is 15.3. The molecule has 1 N–H and O–H groups in total. The largest absolute Gasteiger partial charge is 0.495 e. The number of aryl methyl sites for hydroxylation is 1. The number of rotatable bonds is 6. The highest BCUT2D eigenvalue weighted by Crippen LogP contribution is 2.23. The second-order valence-electron chi connectivity index (χ2n) is 6.01. The first-order valence-electron chi connectivity index (χ1n) is 8.71. The van der Waals surface area contributed by atoms with Crippen LogP contribution in [0.4, 0.5) is 5.69 Å². The molecule has 0 bridgehead atoms. The molecule has 6 nitrogen and oxygen atoms in total. The lowest BCUT2D eigenvalue weighted by Crippen LogP contribution is -2.29.